The number of rotatable bonds is 6. The lowest BCUT2D eigenvalue weighted by molar-refractivity contribution is 0.0735. The maximum atomic E-state index is 12.3. The Hall–Kier alpha value is -4.12. The molecule has 4 aromatic rings. The summed E-state index contributed by atoms with van der Waals surface area (Å²) in [5, 5.41) is 0. The molecular weight excluding hydrogens is 376 g/mol. The molecule has 5 nitrogen and oxygen atoms in total. The maximum Gasteiger partial charge on any atom is 0.343 e. The van der Waals surface area contributed by atoms with Gasteiger partial charge in [0.15, 0.2) is 0 Å². The van der Waals surface area contributed by atoms with E-state index in [0.29, 0.717) is 11.3 Å². The zero-order valence-electron chi connectivity index (χ0n) is 16.4. The van der Waals surface area contributed by atoms with Crippen molar-refractivity contribution < 1.29 is 14.3 Å². The number of H-pyrrole nitrogens is 1. The van der Waals surface area contributed by atoms with Crippen LogP contribution in [-0.2, 0) is 0 Å². The number of para-hydroxylation sites is 1. The van der Waals surface area contributed by atoms with E-state index < -0.39 is 0 Å². The van der Waals surface area contributed by atoms with Crippen molar-refractivity contribution in [3.8, 4) is 22.8 Å². The molecule has 0 radical (unpaired) electrons. The molecule has 1 aromatic heterocycles. The van der Waals surface area contributed by atoms with Gasteiger partial charge in [-0.1, -0.05) is 48.5 Å². The molecule has 0 aliphatic rings. The SMILES string of the molecule is COc1ccc(C=Cc2ncc(-c3ccc(C(=O)Oc4ccccc4)cc3)[nH]2)cc1. The number of benzene rings is 3. The average Bonchev–Trinajstić information content (AvgIpc) is 3.28. The van der Waals surface area contributed by atoms with Crippen molar-refractivity contribution in [2.24, 2.45) is 0 Å². The molecule has 1 N–H and O–H groups in total. The molecule has 0 amide bonds. The third kappa shape index (κ3) is 4.64. The zero-order chi connectivity index (χ0) is 20.8. The Morgan fingerprint density at radius 2 is 1.60 bits per heavy atom. The summed E-state index contributed by atoms with van der Waals surface area (Å²) in [6.45, 7) is 0. The quantitative estimate of drug-likeness (QED) is 0.346. The van der Waals surface area contributed by atoms with Crippen LogP contribution in [0.4, 0.5) is 0 Å². The van der Waals surface area contributed by atoms with Crippen molar-refractivity contribution in [1.29, 1.82) is 0 Å². The second-order valence-electron chi connectivity index (χ2n) is 6.57. The Morgan fingerprint density at radius 1 is 0.867 bits per heavy atom. The van der Waals surface area contributed by atoms with Crippen LogP contribution in [-0.4, -0.2) is 23.0 Å². The molecule has 1 heterocycles. The topological polar surface area (TPSA) is 64.2 Å². The average molecular weight is 396 g/mol. The van der Waals surface area contributed by atoms with Crippen molar-refractivity contribution in [2.75, 3.05) is 7.11 Å². The molecule has 0 saturated carbocycles. The first-order chi connectivity index (χ1) is 14.7. The maximum absolute atomic E-state index is 12.3. The predicted octanol–water partition coefficient (Wildman–Crippen LogP) is 5.47. The molecule has 0 spiro atoms. The Kier molecular flexibility index (Phi) is 5.71. The van der Waals surface area contributed by atoms with Gasteiger partial charge in [-0.15, -0.1) is 0 Å². The lowest BCUT2D eigenvalue weighted by atomic mass is 10.1. The third-order valence-electron chi connectivity index (χ3n) is 4.53. The summed E-state index contributed by atoms with van der Waals surface area (Å²) in [5.41, 5.74) is 3.34. The van der Waals surface area contributed by atoms with Crippen molar-refractivity contribution in [1.82, 2.24) is 9.97 Å². The van der Waals surface area contributed by atoms with Gasteiger partial charge >= 0.3 is 5.97 Å². The van der Waals surface area contributed by atoms with Gasteiger partial charge in [0.2, 0.25) is 0 Å². The smallest absolute Gasteiger partial charge is 0.343 e. The molecular formula is C25H20N2O3. The van der Waals surface area contributed by atoms with Gasteiger partial charge in [0.25, 0.3) is 0 Å². The van der Waals surface area contributed by atoms with Crippen LogP contribution in [0, 0.1) is 0 Å². The summed E-state index contributed by atoms with van der Waals surface area (Å²) in [7, 11) is 1.65. The van der Waals surface area contributed by atoms with Crippen molar-refractivity contribution in [3.05, 3.63) is 102 Å². The van der Waals surface area contributed by atoms with E-state index in [2.05, 4.69) is 9.97 Å². The van der Waals surface area contributed by atoms with Crippen molar-refractivity contribution in [3.63, 3.8) is 0 Å². The number of hydrogen-bond donors (Lipinski definition) is 1. The summed E-state index contributed by atoms with van der Waals surface area (Å²) in [6.07, 6.45) is 5.66. The van der Waals surface area contributed by atoms with Gasteiger partial charge in [-0.05, 0) is 53.6 Å². The minimum atomic E-state index is -0.388. The van der Waals surface area contributed by atoms with E-state index in [9.17, 15) is 4.79 Å². The minimum Gasteiger partial charge on any atom is -0.497 e. The lowest BCUT2D eigenvalue weighted by Crippen LogP contribution is -2.08. The van der Waals surface area contributed by atoms with Crippen LogP contribution in [0.25, 0.3) is 23.4 Å². The van der Waals surface area contributed by atoms with Gasteiger partial charge in [-0.25, -0.2) is 9.78 Å². The third-order valence-corrected chi connectivity index (χ3v) is 4.53. The van der Waals surface area contributed by atoms with Crippen LogP contribution in [0.1, 0.15) is 21.7 Å². The van der Waals surface area contributed by atoms with Gasteiger partial charge < -0.3 is 14.5 Å². The minimum absolute atomic E-state index is 0.388. The molecule has 5 heteroatoms. The predicted molar refractivity (Wildman–Crippen MR) is 117 cm³/mol. The molecule has 0 fully saturated rings. The number of methoxy groups -OCH3 is 1. The number of carbonyl (C=O) groups excluding carboxylic acids is 1. The van der Waals surface area contributed by atoms with Crippen LogP contribution in [0.5, 0.6) is 11.5 Å². The highest BCUT2D eigenvalue weighted by molar-refractivity contribution is 5.91. The van der Waals surface area contributed by atoms with E-state index in [1.54, 1.807) is 37.6 Å². The van der Waals surface area contributed by atoms with Gasteiger partial charge in [0.05, 0.1) is 24.6 Å². The Bertz CT molecular complexity index is 1150. The number of imidazole rings is 1. The van der Waals surface area contributed by atoms with Gasteiger partial charge in [-0.2, -0.15) is 0 Å². The van der Waals surface area contributed by atoms with E-state index in [1.807, 2.05) is 66.7 Å². The van der Waals surface area contributed by atoms with Gasteiger partial charge in [-0.3, -0.25) is 0 Å². The number of hydrogen-bond acceptors (Lipinski definition) is 4. The van der Waals surface area contributed by atoms with Crippen LogP contribution in [0.3, 0.4) is 0 Å². The molecule has 148 valence electrons. The highest BCUT2D eigenvalue weighted by Crippen LogP contribution is 2.20. The Labute approximate surface area is 174 Å². The highest BCUT2D eigenvalue weighted by Gasteiger charge is 2.09. The van der Waals surface area contributed by atoms with Gasteiger partial charge in [0.1, 0.15) is 17.3 Å². The molecule has 3 aromatic carbocycles. The highest BCUT2D eigenvalue weighted by atomic mass is 16.5. The number of nitrogens with one attached hydrogen (secondary N) is 1. The molecule has 30 heavy (non-hydrogen) atoms. The lowest BCUT2D eigenvalue weighted by Gasteiger charge is -2.04. The number of esters is 1. The fraction of sp³-hybridized carbons (Fsp3) is 0.0400. The number of nitrogens with zero attached hydrogens (tertiary/aromatic N) is 1. The number of carbonyl (C=O) groups is 1. The largest absolute Gasteiger partial charge is 0.497 e. The summed E-state index contributed by atoms with van der Waals surface area (Å²) < 4.78 is 10.5. The summed E-state index contributed by atoms with van der Waals surface area (Å²) in [5.74, 6) is 1.70. The standard InChI is InChI=1S/C25H20N2O3/c1-29-21-14-7-18(8-15-21)9-16-24-26-17-23(27-24)19-10-12-20(13-11-19)25(28)30-22-5-3-2-4-6-22/h2-17H,1H3,(H,26,27). The van der Waals surface area contributed by atoms with Crippen LogP contribution in [0.2, 0.25) is 0 Å². The number of aromatic amines is 1. The summed E-state index contributed by atoms with van der Waals surface area (Å²) in [6, 6.07) is 24.0. The van der Waals surface area contributed by atoms with Gasteiger partial charge in [0, 0.05) is 0 Å². The molecule has 0 bridgehead atoms. The molecule has 0 aliphatic carbocycles. The fourth-order valence-corrected chi connectivity index (χ4v) is 2.90. The Balaban J connectivity index is 1.42. The van der Waals surface area contributed by atoms with Crippen LogP contribution < -0.4 is 9.47 Å². The van der Waals surface area contributed by atoms with E-state index in [1.165, 1.54) is 0 Å². The second kappa shape index (κ2) is 8.92. The molecule has 4 rings (SSSR count). The monoisotopic (exact) mass is 396 g/mol. The zero-order valence-corrected chi connectivity index (χ0v) is 16.4. The van der Waals surface area contributed by atoms with Crippen LogP contribution in [0.15, 0.2) is 85.1 Å². The normalized spacial score (nSPS) is 10.8. The first-order valence-corrected chi connectivity index (χ1v) is 9.46. The molecule has 0 aliphatic heterocycles. The number of aromatic nitrogens is 2. The first kappa shape index (κ1) is 19.2. The molecule has 0 unspecified atom stereocenters. The van der Waals surface area contributed by atoms with Crippen molar-refractivity contribution >= 4 is 18.1 Å². The van der Waals surface area contributed by atoms with E-state index in [-0.39, 0.29) is 5.97 Å². The van der Waals surface area contributed by atoms with Crippen molar-refractivity contribution in [2.45, 2.75) is 0 Å². The fourth-order valence-electron chi connectivity index (χ4n) is 2.90. The second-order valence-corrected chi connectivity index (χ2v) is 6.57. The van der Waals surface area contributed by atoms with E-state index in [4.69, 9.17) is 9.47 Å². The summed E-state index contributed by atoms with van der Waals surface area (Å²) in [4.78, 5) is 19.9. The van der Waals surface area contributed by atoms with E-state index >= 15 is 0 Å². The molecule has 0 saturated heterocycles. The Morgan fingerprint density at radius 3 is 2.30 bits per heavy atom. The first-order valence-electron chi connectivity index (χ1n) is 9.46. The van der Waals surface area contributed by atoms with E-state index in [0.717, 1.165) is 28.4 Å². The number of ether oxygens (including phenoxy) is 2. The summed E-state index contributed by atoms with van der Waals surface area (Å²) >= 11 is 0. The van der Waals surface area contributed by atoms with Crippen LogP contribution >= 0.6 is 0 Å². The molecule has 0 atom stereocenters.